The first kappa shape index (κ1) is 40.6. The highest BCUT2D eigenvalue weighted by Crippen LogP contribution is 2.46. The molecule has 7 aromatic carbocycles. The first-order chi connectivity index (χ1) is 31.4. The summed E-state index contributed by atoms with van der Waals surface area (Å²) in [6.45, 7) is 7.78. The zero-order chi connectivity index (χ0) is 44.9. The Hall–Kier alpha value is -8.43. The zero-order valence-corrected chi connectivity index (χ0v) is 33.8. The lowest BCUT2D eigenvalue weighted by atomic mass is 9.98. The fourth-order valence-corrected chi connectivity index (χ4v) is 8.04. The quantitative estimate of drug-likeness (QED) is 0.118. The lowest BCUT2D eigenvalue weighted by molar-refractivity contribution is -0.138. The second kappa shape index (κ2) is 16.0. The Labute approximate surface area is 367 Å². The summed E-state index contributed by atoms with van der Waals surface area (Å²) in [4.78, 5) is 23.4. The van der Waals surface area contributed by atoms with Gasteiger partial charge in [0.2, 0.25) is 0 Å². The van der Waals surface area contributed by atoms with E-state index in [4.69, 9.17) is 26.5 Å². The summed E-state index contributed by atoms with van der Waals surface area (Å²) in [5, 5.41) is 0.384. The molecule has 6 nitrogen and oxygen atoms in total. The molecule has 10 aromatic rings. The molecule has 10 rings (SSSR count). The number of hydrogen-bond donors (Lipinski definition) is 0. The highest BCUT2D eigenvalue weighted by atomic mass is 19.4. The molecule has 12 heteroatoms. The van der Waals surface area contributed by atoms with E-state index in [1.54, 1.807) is 22.8 Å². The van der Waals surface area contributed by atoms with Gasteiger partial charge in [-0.15, -0.1) is 0 Å². The molecule has 314 valence electrons. The summed E-state index contributed by atoms with van der Waals surface area (Å²) in [5.41, 5.74) is 2.82. The average molecular weight is 865 g/mol. The summed E-state index contributed by atoms with van der Waals surface area (Å²) >= 11 is 0. The van der Waals surface area contributed by atoms with Gasteiger partial charge in [0.05, 0.1) is 57.2 Å². The molecule has 0 bridgehead atoms. The minimum Gasteiger partial charge on any atom is -0.308 e. The predicted octanol–water partition coefficient (Wildman–Crippen LogP) is 15.0. The Kier molecular flexibility index (Phi) is 10.0. The molecule has 0 saturated heterocycles. The molecule has 0 spiro atoms. The third kappa shape index (κ3) is 7.74. The fourth-order valence-electron chi connectivity index (χ4n) is 8.04. The van der Waals surface area contributed by atoms with E-state index < -0.39 is 23.5 Å². The van der Waals surface area contributed by atoms with E-state index in [9.17, 15) is 13.2 Å². The van der Waals surface area contributed by atoms with Crippen LogP contribution < -0.4 is 0 Å². The van der Waals surface area contributed by atoms with E-state index in [1.807, 2.05) is 121 Å². The summed E-state index contributed by atoms with van der Waals surface area (Å²) in [7, 11) is 0. The second-order valence-electron chi connectivity index (χ2n) is 15.2. The average Bonchev–Trinajstić information content (AvgIpc) is 3.66. The van der Waals surface area contributed by atoms with Gasteiger partial charge in [-0.25, -0.2) is 24.8 Å². The molecular weight excluding hydrogens is 835 g/mol. The largest absolute Gasteiger partial charge is 0.416 e. The molecule has 65 heavy (non-hydrogen) atoms. The van der Waals surface area contributed by atoms with Crippen LogP contribution in [-0.2, 0) is 12.4 Å². The normalized spacial score (nSPS) is 11.8. The molecule has 0 amide bonds. The van der Waals surface area contributed by atoms with Gasteiger partial charge >= 0.3 is 12.4 Å². The van der Waals surface area contributed by atoms with Crippen LogP contribution in [0, 0.1) is 6.57 Å². The highest BCUT2D eigenvalue weighted by molar-refractivity contribution is 6.11. The fraction of sp³-hybridized carbons (Fsp3) is 0.0377. The number of hydrogen-bond acceptors (Lipinski definition) is 4. The van der Waals surface area contributed by atoms with Crippen molar-refractivity contribution >= 4 is 27.5 Å². The third-order valence-corrected chi connectivity index (χ3v) is 11.1. The van der Waals surface area contributed by atoms with E-state index in [0.717, 1.165) is 24.3 Å². The van der Waals surface area contributed by atoms with Crippen LogP contribution >= 0.6 is 0 Å². The van der Waals surface area contributed by atoms with Crippen LogP contribution in [0.1, 0.15) is 11.1 Å². The molecule has 3 aromatic heterocycles. The highest BCUT2D eigenvalue weighted by Gasteiger charge is 2.36. The molecule has 0 aliphatic rings. The molecule has 0 unspecified atom stereocenters. The van der Waals surface area contributed by atoms with Crippen molar-refractivity contribution in [2.24, 2.45) is 0 Å². The number of nitrogens with zero attached hydrogens (tertiary/aromatic N) is 6. The van der Waals surface area contributed by atoms with Gasteiger partial charge in [-0.2, -0.15) is 26.3 Å². The summed E-state index contributed by atoms with van der Waals surface area (Å²) in [6.07, 6.45) is -9.66. The smallest absolute Gasteiger partial charge is 0.308 e. The van der Waals surface area contributed by atoms with Crippen LogP contribution in [-0.4, -0.2) is 24.5 Å². The number of halogens is 6. The molecule has 0 aliphatic carbocycles. The Balaban J connectivity index is 1.40. The monoisotopic (exact) mass is 864 g/mol. The van der Waals surface area contributed by atoms with Crippen molar-refractivity contribution in [2.45, 2.75) is 12.4 Å². The van der Waals surface area contributed by atoms with Crippen molar-refractivity contribution in [1.82, 2.24) is 24.5 Å². The van der Waals surface area contributed by atoms with Gasteiger partial charge in [-0.05, 0) is 60.0 Å². The zero-order valence-electron chi connectivity index (χ0n) is 33.8. The summed E-state index contributed by atoms with van der Waals surface area (Å²) < 4.78 is 91.6. The second-order valence-corrected chi connectivity index (χ2v) is 15.2. The van der Waals surface area contributed by atoms with Crippen molar-refractivity contribution in [1.29, 1.82) is 0 Å². The lowest BCUT2D eigenvalue weighted by Gasteiger charge is -2.21. The van der Waals surface area contributed by atoms with Crippen LogP contribution in [0.4, 0.5) is 32.0 Å². The van der Waals surface area contributed by atoms with E-state index in [2.05, 4.69) is 4.85 Å². The lowest BCUT2D eigenvalue weighted by Crippen LogP contribution is -2.11. The van der Waals surface area contributed by atoms with E-state index in [0.29, 0.717) is 50.5 Å². The van der Waals surface area contributed by atoms with Gasteiger partial charge < -0.3 is 4.57 Å². The molecule has 0 atom stereocenters. The molecule has 0 saturated carbocycles. The number of rotatable bonds is 7. The predicted molar refractivity (Wildman–Crippen MR) is 241 cm³/mol. The first-order valence-corrected chi connectivity index (χ1v) is 20.2. The van der Waals surface area contributed by atoms with E-state index >= 15 is 13.2 Å². The van der Waals surface area contributed by atoms with Crippen LogP contribution in [0.2, 0.25) is 0 Å². The minimum atomic E-state index is -4.92. The van der Waals surface area contributed by atoms with Crippen LogP contribution in [0.25, 0.3) is 100 Å². The number of alkyl halides is 6. The maximum absolute atomic E-state index is 15.6. The Bertz CT molecular complexity index is 3190. The summed E-state index contributed by atoms with van der Waals surface area (Å²) in [5.74, 6) is -0.204. The molecule has 0 radical (unpaired) electrons. The van der Waals surface area contributed by atoms with E-state index in [-0.39, 0.29) is 50.4 Å². The topological polar surface area (TPSA) is 60.9 Å². The van der Waals surface area contributed by atoms with Gasteiger partial charge in [-0.3, -0.25) is 0 Å². The van der Waals surface area contributed by atoms with Gasteiger partial charge in [-0.1, -0.05) is 127 Å². The van der Waals surface area contributed by atoms with Gasteiger partial charge in [0.15, 0.2) is 17.3 Å². The van der Waals surface area contributed by atoms with Gasteiger partial charge in [0.25, 0.3) is 0 Å². The van der Waals surface area contributed by atoms with Crippen molar-refractivity contribution in [3.8, 4) is 73.5 Å². The molecule has 0 N–H and O–H groups in total. The van der Waals surface area contributed by atoms with Crippen LogP contribution in [0.5, 0.6) is 0 Å². The van der Waals surface area contributed by atoms with Crippen molar-refractivity contribution in [3.63, 3.8) is 0 Å². The van der Waals surface area contributed by atoms with E-state index in [1.165, 1.54) is 18.2 Å². The maximum Gasteiger partial charge on any atom is 0.416 e. The van der Waals surface area contributed by atoms with Crippen molar-refractivity contribution < 1.29 is 26.3 Å². The third-order valence-electron chi connectivity index (χ3n) is 11.1. The van der Waals surface area contributed by atoms with Crippen LogP contribution in [0.15, 0.2) is 182 Å². The standard InChI is InChI=1S/C53H30F6N6/c1-60-38-23-25-48-40(29-38)39-26-36(52(54,55)56)22-24-47(39)65(48)49-41(50-61-43(32-14-6-2-7-15-32)30-44(62-50)33-16-8-3-9-17-33)27-37(53(57,58)59)28-42(49)51-63-45(34-18-10-4-11-19-34)31-46(64-51)35-20-12-5-13-21-35/h2-31H. The Morgan fingerprint density at radius 3 is 1.14 bits per heavy atom. The minimum absolute atomic E-state index is 0.0711. The maximum atomic E-state index is 15.6. The number of fused-ring (bicyclic) bond motifs is 3. The molecular formula is C53H30F6N6. The van der Waals surface area contributed by atoms with Gasteiger partial charge in [0, 0.05) is 38.8 Å². The first-order valence-electron chi connectivity index (χ1n) is 20.2. The van der Waals surface area contributed by atoms with Crippen molar-refractivity contribution in [2.75, 3.05) is 0 Å². The molecule has 0 aliphatic heterocycles. The summed E-state index contributed by atoms with van der Waals surface area (Å²) in [6, 6.07) is 49.7. The van der Waals surface area contributed by atoms with Crippen LogP contribution in [0.3, 0.4) is 0 Å². The molecule has 0 fully saturated rings. The Morgan fingerprint density at radius 2 is 0.769 bits per heavy atom. The SMILES string of the molecule is [C-]#[N+]c1ccc2c(c1)c1cc(C(F)(F)F)ccc1n2-c1c(-c2nc(-c3ccccc3)cc(-c3ccccc3)n2)cc(C(F)(F)F)cc1-c1nc(-c2ccccc2)cc(-c2ccccc2)n1. The number of benzene rings is 7. The van der Waals surface area contributed by atoms with Gasteiger partial charge in [0.1, 0.15) is 0 Å². The van der Waals surface area contributed by atoms with Crippen molar-refractivity contribution in [3.05, 3.63) is 205 Å². The Morgan fingerprint density at radius 1 is 0.400 bits per heavy atom. The number of aromatic nitrogens is 5. The molecule has 3 heterocycles.